The number of benzene rings is 2. The van der Waals surface area contributed by atoms with Crippen molar-refractivity contribution >= 4 is 18.0 Å². The minimum atomic E-state index is -0.766. The Kier molecular flexibility index (Phi) is 5.12. The summed E-state index contributed by atoms with van der Waals surface area (Å²) in [6, 6.07) is 15.9. The van der Waals surface area contributed by atoms with Crippen molar-refractivity contribution in [3.63, 3.8) is 0 Å². The third kappa shape index (κ3) is 3.61. The number of alkyl carbamates (subject to hydrolysis) is 1. The van der Waals surface area contributed by atoms with E-state index in [1.807, 2.05) is 24.3 Å². The molecule has 5 rings (SSSR count). The fraction of sp³-hybridized carbons (Fsp3) is 0.400. The van der Waals surface area contributed by atoms with Crippen LogP contribution in [-0.2, 0) is 14.3 Å². The van der Waals surface area contributed by atoms with Crippen molar-refractivity contribution in [2.45, 2.75) is 25.3 Å². The Morgan fingerprint density at radius 2 is 1.59 bits per heavy atom. The first-order valence-corrected chi connectivity index (χ1v) is 11.1. The van der Waals surface area contributed by atoms with Crippen LogP contribution in [0.4, 0.5) is 4.79 Å². The van der Waals surface area contributed by atoms with Gasteiger partial charge in [0.1, 0.15) is 6.61 Å². The zero-order valence-corrected chi connectivity index (χ0v) is 17.9. The Morgan fingerprint density at radius 3 is 2.16 bits per heavy atom. The van der Waals surface area contributed by atoms with Gasteiger partial charge in [-0.15, -0.1) is 0 Å². The van der Waals surface area contributed by atoms with E-state index in [1.54, 1.807) is 11.8 Å². The van der Waals surface area contributed by atoms with E-state index in [-0.39, 0.29) is 48.6 Å². The lowest BCUT2D eigenvalue weighted by Gasteiger charge is -2.22. The molecule has 2 fully saturated rings. The number of fused-ring (bicyclic) bond motifs is 4. The summed E-state index contributed by atoms with van der Waals surface area (Å²) < 4.78 is 5.54. The van der Waals surface area contributed by atoms with Gasteiger partial charge in [0.2, 0.25) is 5.91 Å². The van der Waals surface area contributed by atoms with Gasteiger partial charge in [0.15, 0.2) is 0 Å². The zero-order valence-electron chi connectivity index (χ0n) is 17.9. The average Bonchev–Trinajstić information content (AvgIpc) is 3.13. The minimum absolute atomic E-state index is 0.0106. The predicted molar refractivity (Wildman–Crippen MR) is 117 cm³/mol. The highest BCUT2D eigenvalue weighted by Gasteiger charge is 2.60. The zero-order chi connectivity index (χ0) is 22.4. The van der Waals surface area contributed by atoms with E-state index in [9.17, 15) is 14.4 Å². The molecule has 1 aliphatic heterocycles. The van der Waals surface area contributed by atoms with Gasteiger partial charge < -0.3 is 20.1 Å². The van der Waals surface area contributed by atoms with E-state index in [2.05, 4.69) is 29.6 Å². The molecule has 3 aliphatic rings. The second-order valence-electron chi connectivity index (χ2n) is 9.07. The highest BCUT2D eigenvalue weighted by atomic mass is 16.5. The summed E-state index contributed by atoms with van der Waals surface area (Å²) in [5, 5.41) is 11.9. The predicted octanol–water partition coefficient (Wildman–Crippen LogP) is 3.09. The average molecular weight is 434 g/mol. The summed E-state index contributed by atoms with van der Waals surface area (Å²) in [7, 11) is 0. The smallest absolute Gasteiger partial charge is 0.407 e. The molecule has 1 saturated heterocycles. The van der Waals surface area contributed by atoms with Crippen molar-refractivity contribution < 1.29 is 24.2 Å². The van der Waals surface area contributed by atoms with Crippen LogP contribution in [0.25, 0.3) is 11.1 Å². The van der Waals surface area contributed by atoms with Crippen molar-refractivity contribution in [1.82, 2.24) is 10.2 Å². The quantitative estimate of drug-likeness (QED) is 0.728. The Hall–Kier alpha value is -3.35. The summed E-state index contributed by atoms with van der Waals surface area (Å²) in [5.41, 5.74) is 4.64. The molecule has 7 heteroatoms. The van der Waals surface area contributed by atoms with Crippen molar-refractivity contribution in [2.24, 2.45) is 17.8 Å². The Labute approximate surface area is 186 Å². The Balaban J connectivity index is 1.12. The number of hydrogen-bond acceptors (Lipinski definition) is 4. The highest BCUT2D eigenvalue weighted by Crippen LogP contribution is 2.51. The molecule has 2 amide bonds. The van der Waals surface area contributed by atoms with Crippen molar-refractivity contribution in [3.8, 4) is 11.1 Å². The van der Waals surface area contributed by atoms with Gasteiger partial charge in [0.25, 0.3) is 0 Å². The van der Waals surface area contributed by atoms with E-state index in [4.69, 9.17) is 9.84 Å². The molecule has 1 saturated carbocycles. The number of hydrogen-bond donors (Lipinski definition) is 2. The SMILES string of the molecule is CC(CC(=O)N1CC2C(C1)C2C(=O)O)NC(=O)OCC1c2ccccc2-c2ccccc21. The number of ether oxygens (including phenoxy) is 1. The van der Waals surface area contributed by atoms with Gasteiger partial charge in [-0.05, 0) is 41.0 Å². The maximum absolute atomic E-state index is 12.5. The number of rotatable bonds is 6. The van der Waals surface area contributed by atoms with Crippen LogP contribution in [0.15, 0.2) is 48.5 Å². The number of carboxylic acid groups (broad SMARTS) is 1. The van der Waals surface area contributed by atoms with Crippen LogP contribution in [0.1, 0.15) is 30.4 Å². The topological polar surface area (TPSA) is 95.9 Å². The van der Waals surface area contributed by atoms with Crippen LogP contribution in [-0.4, -0.2) is 53.7 Å². The van der Waals surface area contributed by atoms with Gasteiger partial charge in [0, 0.05) is 31.5 Å². The molecule has 0 radical (unpaired) electrons. The van der Waals surface area contributed by atoms with Crippen LogP contribution >= 0.6 is 0 Å². The second-order valence-corrected chi connectivity index (χ2v) is 9.07. The monoisotopic (exact) mass is 434 g/mol. The van der Waals surface area contributed by atoms with Crippen LogP contribution in [0.3, 0.4) is 0 Å². The van der Waals surface area contributed by atoms with E-state index in [1.165, 1.54) is 11.1 Å². The molecule has 0 bridgehead atoms. The van der Waals surface area contributed by atoms with E-state index in [0.717, 1.165) is 11.1 Å². The van der Waals surface area contributed by atoms with Gasteiger partial charge in [-0.3, -0.25) is 9.59 Å². The lowest BCUT2D eigenvalue weighted by molar-refractivity contribution is -0.141. The molecule has 0 aromatic heterocycles. The lowest BCUT2D eigenvalue weighted by atomic mass is 9.98. The molecule has 2 aromatic carbocycles. The molecule has 32 heavy (non-hydrogen) atoms. The standard InChI is InChI=1S/C25H26N2O5/c1-14(10-22(28)27-11-19-20(12-27)23(19)24(29)30)26-25(31)32-13-21-17-8-4-2-6-15(17)16-7-3-5-9-18(16)21/h2-9,14,19-21,23H,10-13H2,1H3,(H,26,31)(H,29,30). The summed E-state index contributed by atoms with van der Waals surface area (Å²) in [4.78, 5) is 37.7. The van der Waals surface area contributed by atoms with Gasteiger partial charge in [-0.25, -0.2) is 4.79 Å². The Morgan fingerprint density at radius 1 is 1.03 bits per heavy atom. The molecule has 0 spiro atoms. The number of aliphatic carboxylic acids is 1. The summed E-state index contributed by atoms with van der Waals surface area (Å²) >= 11 is 0. The molecule has 2 aromatic rings. The van der Waals surface area contributed by atoms with E-state index >= 15 is 0 Å². The number of piperidine rings is 1. The normalized spacial score (nSPS) is 23.7. The van der Waals surface area contributed by atoms with E-state index in [0.29, 0.717) is 13.1 Å². The number of likely N-dealkylation sites (tertiary alicyclic amines) is 1. The summed E-state index contributed by atoms with van der Waals surface area (Å²) in [6.07, 6.45) is -0.371. The lowest BCUT2D eigenvalue weighted by Crippen LogP contribution is -2.40. The van der Waals surface area contributed by atoms with Crippen molar-refractivity contribution in [2.75, 3.05) is 19.7 Å². The number of carboxylic acids is 1. The first-order valence-electron chi connectivity index (χ1n) is 11.1. The molecule has 2 N–H and O–H groups in total. The third-order valence-corrected chi connectivity index (χ3v) is 7.02. The molecular weight excluding hydrogens is 408 g/mol. The summed E-state index contributed by atoms with van der Waals surface area (Å²) in [6.45, 7) is 3.00. The second kappa shape index (κ2) is 7.97. The largest absolute Gasteiger partial charge is 0.481 e. The van der Waals surface area contributed by atoms with Gasteiger partial charge in [-0.1, -0.05) is 48.5 Å². The first-order chi connectivity index (χ1) is 15.4. The van der Waals surface area contributed by atoms with Gasteiger partial charge in [0.05, 0.1) is 5.92 Å². The van der Waals surface area contributed by atoms with Crippen molar-refractivity contribution in [3.05, 3.63) is 59.7 Å². The highest BCUT2D eigenvalue weighted by molar-refractivity contribution is 5.81. The minimum Gasteiger partial charge on any atom is -0.481 e. The fourth-order valence-electron chi connectivity index (χ4n) is 5.38. The van der Waals surface area contributed by atoms with E-state index < -0.39 is 12.1 Å². The number of carbonyl (C=O) groups is 3. The number of nitrogens with one attached hydrogen (secondary N) is 1. The number of nitrogens with zero attached hydrogens (tertiary/aromatic N) is 1. The maximum atomic E-state index is 12.5. The number of carbonyl (C=O) groups excluding carboxylic acids is 2. The van der Waals surface area contributed by atoms with Gasteiger partial charge >= 0.3 is 12.1 Å². The molecule has 166 valence electrons. The summed E-state index contributed by atoms with van der Waals surface area (Å²) in [5.74, 6) is -0.965. The molecule has 3 atom stereocenters. The third-order valence-electron chi connectivity index (χ3n) is 7.02. The van der Waals surface area contributed by atoms with Crippen LogP contribution in [0, 0.1) is 17.8 Å². The molecular formula is C25H26N2O5. The number of amides is 2. The fourth-order valence-corrected chi connectivity index (χ4v) is 5.38. The van der Waals surface area contributed by atoms with Crippen LogP contribution in [0.2, 0.25) is 0 Å². The molecule has 7 nitrogen and oxygen atoms in total. The van der Waals surface area contributed by atoms with Crippen molar-refractivity contribution in [1.29, 1.82) is 0 Å². The molecule has 1 heterocycles. The van der Waals surface area contributed by atoms with Crippen LogP contribution < -0.4 is 5.32 Å². The first kappa shape index (κ1) is 20.5. The van der Waals surface area contributed by atoms with Gasteiger partial charge in [-0.2, -0.15) is 0 Å². The Bertz CT molecular complexity index is 1030. The van der Waals surface area contributed by atoms with Crippen LogP contribution in [0.5, 0.6) is 0 Å². The maximum Gasteiger partial charge on any atom is 0.407 e. The molecule has 3 unspecified atom stereocenters. The molecule has 2 aliphatic carbocycles.